The van der Waals surface area contributed by atoms with Gasteiger partial charge in [-0.05, 0) is 42.2 Å². The predicted molar refractivity (Wildman–Crippen MR) is 108 cm³/mol. The molecule has 1 heterocycles. The van der Waals surface area contributed by atoms with Crippen molar-refractivity contribution in [3.05, 3.63) is 59.2 Å². The molecule has 2 aromatic rings. The average molecular weight is 396 g/mol. The van der Waals surface area contributed by atoms with Crippen molar-refractivity contribution in [3.8, 4) is 5.75 Å². The van der Waals surface area contributed by atoms with Crippen LogP contribution in [-0.4, -0.2) is 43.1 Å². The van der Waals surface area contributed by atoms with Gasteiger partial charge in [0.05, 0.1) is 12.7 Å². The molecule has 1 aliphatic heterocycles. The first-order chi connectivity index (χ1) is 14.0. The number of hydrogen-bond donors (Lipinski definition) is 2. The molecular formula is C22H24N2O5. The first kappa shape index (κ1) is 20.4. The van der Waals surface area contributed by atoms with E-state index in [0.29, 0.717) is 31.7 Å². The molecule has 0 spiro atoms. The van der Waals surface area contributed by atoms with Crippen LogP contribution in [0.4, 0.5) is 5.69 Å². The van der Waals surface area contributed by atoms with E-state index in [1.54, 1.807) is 11.0 Å². The number of amides is 2. The molecule has 0 radical (unpaired) electrons. The maximum absolute atomic E-state index is 12.3. The van der Waals surface area contributed by atoms with E-state index in [1.807, 2.05) is 24.3 Å². The number of anilines is 1. The Morgan fingerprint density at radius 3 is 2.72 bits per heavy atom. The SMILES string of the molecule is COc1cc(C(=O)O)ccc1CCNC(=O)CCN1C(=O)CCc2ccccc21. The quantitative estimate of drug-likeness (QED) is 0.714. The van der Waals surface area contributed by atoms with Gasteiger partial charge in [0.1, 0.15) is 5.75 Å². The number of aromatic carboxylic acids is 1. The summed E-state index contributed by atoms with van der Waals surface area (Å²) in [6.45, 7) is 0.741. The van der Waals surface area contributed by atoms with E-state index in [4.69, 9.17) is 9.84 Å². The Morgan fingerprint density at radius 1 is 1.17 bits per heavy atom. The molecule has 0 fully saturated rings. The number of carbonyl (C=O) groups excluding carboxylic acids is 2. The molecule has 3 rings (SSSR count). The van der Waals surface area contributed by atoms with E-state index in [1.165, 1.54) is 19.2 Å². The fourth-order valence-corrected chi connectivity index (χ4v) is 3.46. The minimum Gasteiger partial charge on any atom is -0.496 e. The molecule has 0 aromatic heterocycles. The van der Waals surface area contributed by atoms with E-state index in [9.17, 15) is 14.4 Å². The van der Waals surface area contributed by atoms with Gasteiger partial charge >= 0.3 is 5.97 Å². The lowest BCUT2D eigenvalue weighted by molar-refractivity contribution is -0.121. The number of ether oxygens (including phenoxy) is 1. The molecule has 2 amide bonds. The minimum atomic E-state index is -1.02. The number of methoxy groups -OCH3 is 1. The summed E-state index contributed by atoms with van der Waals surface area (Å²) >= 11 is 0. The Kier molecular flexibility index (Phi) is 6.49. The summed E-state index contributed by atoms with van der Waals surface area (Å²) in [5.41, 5.74) is 2.99. The highest BCUT2D eigenvalue weighted by Crippen LogP contribution is 2.27. The van der Waals surface area contributed by atoms with Crippen LogP contribution in [-0.2, 0) is 22.4 Å². The third-order valence-electron chi connectivity index (χ3n) is 5.00. The van der Waals surface area contributed by atoms with Gasteiger partial charge in [0.15, 0.2) is 0 Å². The summed E-state index contributed by atoms with van der Waals surface area (Å²) in [5, 5.41) is 11.9. The Balaban J connectivity index is 1.51. The molecule has 2 aromatic carbocycles. The van der Waals surface area contributed by atoms with Crippen LogP contribution in [0.25, 0.3) is 0 Å². The van der Waals surface area contributed by atoms with Crippen molar-refractivity contribution in [3.63, 3.8) is 0 Å². The fourth-order valence-electron chi connectivity index (χ4n) is 3.46. The number of carbonyl (C=O) groups is 3. The molecule has 0 bridgehead atoms. The lowest BCUT2D eigenvalue weighted by atomic mass is 10.0. The number of nitrogens with zero attached hydrogens (tertiary/aromatic N) is 1. The zero-order valence-electron chi connectivity index (χ0n) is 16.3. The highest BCUT2D eigenvalue weighted by atomic mass is 16.5. The number of aryl methyl sites for hydroxylation is 1. The van der Waals surface area contributed by atoms with Gasteiger partial charge in [-0.15, -0.1) is 0 Å². The van der Waals surface area contributed by atoms with Crippen LogP contribution >= 0.6 is 0 Å². The van der Waals surface area contributed by atoms with E-state index in [2.05, 4.69) is 5.32 Å². The second-order valence-electron chi connectivity index (χ2n) is 6.86. The van der Waals surface area contributed by atoms with Gasteiger partial charge in [-0.25, -0.2) is 4.79 Å². The van der Waals surface area contributed by atoms with Crippen LogP contribution in [0.5, 0.6) is 5.75 Å². The largest absolute Gasteiger partial charge is 0.496 e. The van der Waals surface area contributed by atoms with Gasteiger partial charge in [-0.3, -0.25) is 9.59 Å². The molecule has 0 saturated heterocycles. The van der Waals surface area contributed by atoms with Gasteiger partial charge in [0.2, 0.25) is 11.8 Å². The lowest BCUT2D eigenvalue weighted by Gasteiger charge is -2.29. The summed E-state index contributed by atoms with van der Waals surface area (Å²) in [7, 11) is 1.48. The fraction of sp³-hybridized carbons (Fsp3) is 0.318. The van der Waals surface area contributed by atoms with Gasteiger partial charge < -0.3 is 20.1 Å². The number of rotatable bonds is 8. The third kappa shape index (κ3) is 4.93. The zero-order valence-corrected chi connectivity index (χ0v) is 16.3. The van der Waals surface area contributed by atoms with Gasteiger partial charge in [0.25, 0.3) is 0 Å². The molecule has 7 heteroatoms. The summed E-state index contributed by atoms with van der Waals surface area (Å²) in [5.74, 6) is -0.631. The molecule has 0 atom stereocenters. The zero-order chi connectivity index (χ0) is 20.8. The van der Waals surface area contributed by atoms with Crippen LogP contribution in [0, 0.1) is 0 Å². The summed E-state index contributed by atoms with van der Waals surface area (Å²) < 4.78 is 5.25. The smallest absolute Gasteiger partial charge is 0.335 e. The monoisotopic (exact) mass is 396 g/mol. The molecule has 2 N–H and O–H groups in total. The average Bonchev–Trinajstić information content (AvgIpc) is 2.73. The van der Waals surface area contributed by atoms with Crippen LogP contribution in [0.15, 0.2) is 42.5 Å². The third-order valence-corrected chi connectivity index (χ3v) is 5.00. The maximum atomic E-state index is 12.3. The highest BCUT2D eigenvalue weighted by Gasteiger charge is 2.23. The van der Waals surface area contributed by atoms with Crippen molar-refractivity contribution in [1.82, 2.24) is 5.32 Å². The molecule has 152 valence electrons. The van der Waals surface area contributed by atoms with E-state index < -0.39 is 5.97 Å². The molecule has 0 saturated carbocycles. The molecule has 29 heavy (non-hydrogen) atoms. The Hall–Kier alpha value is -3.35. The van der Waals surface area contributed by atoms with Crippen molar-refractivity contribution in [2.75, 3.05) is 25.1 Å². The minimum absolute atomic E-state index is 0.0414. The number of carboxylic acid groups (broad SMARTS) is 1. The lowest BCUT2D eigenvalue weighted by Crippen LogP contribution is -2.38. The van der Waals surface area contributed by atoms with Crippen LogP contribution in [0.2, 0.25) is 0 Å². The normalized spacial score (nSPS) is 13.0. The van der Waals surface area contributed by atoms with Crippen molar-refractivity contribution >= 4 is 23.5 Å². The Morgan fingerprint density at radius 2 is 1.97 bits per heavy atom. The maximum Gasteiger partial charge on any atom is 0.335 e. The van der Waals surface area contributed by atoms with Gasteiger partial charge in [-0.1, -0.05) is 24.3 Å². The summed E-state index contributed by atoms with van der Waals surface area (Å²) in [4.78, 5) is 37.2. The highest BCUT2D eigenvalue weighted by molar-refractivity contribution is 5.97. The number of nitrogens with one attached hydrogen (secondary N) is 1. The van der Waals surface area contributed by atoms with E-state index in [0.717, 1.165) is 23.2 Å². The number of para-hydroxylation sites is 1. The number of fused-ring (bicyclic) bond motifs is 1. The van der Waals surface area contributed by atoms with Crippen molar-refractivity contribution in [1.29, 1.82) is 0 Å². The van der Waals surface area contributed by atoms with Gasteiger partial charge in [-0.2, -0.15) is 0 Å². The van der Waals surface area contributed by atoms with Crippen LogP contribution in [0.1, 0.15) is 34.3 Å². The first-order valence-corrected chi connectivity index (χ1v) is 9.54. The second-order valence-corrected chi connectivity index (χ2v) is 6.86. The standard InChI is InChI=1S/C22H24N2O5/c1-29-19-14-17(22(27)28)7-6-16(19)10-12-23-20(25)11-13-24-18-5-3-2-4-15(18)8-9-21(24)26/h2-7,14H,8-13H2,1H3,(H,23,25)(H,27,28). The number of benzene rings is 2. The van der Waals surface area contributed by atoms with Crippen molar-refractivity contribution in [2.24, 2.45) is 0 Å². The van der Waals surface area contributed by atoms with E-state index in [-0.39, 0.29) is 23.8 Å². The molecule has 0 unspecified atom stereocenters. The van der Waals surface area contributed by atoms with Crippen molar-refractivity contribution in [2.45, 2.75) is 25.7 Å². The van der Waals surface area contributed by atoms with E-state index >= 15 is 0 Å². The molecular weight excluding hydrogens is 372 g/mol. The molecule has 0 aliphatic carbocycles. The topological polar surface area (TPSA) is 95.9 Å². The number of hydrogen-bond acceptors (Lipinski definition) is 4. The van der Waals surface area contributed by atoms with Crippen LogP contribution in [0.3, 0.4) is 0 Å². The summed E-state index contributed by atoms with van der Waals surface area (Å²) in [6.07, 6.45) is 1.93. The first-order valence-electron chi connectivity index (χ1n) is 9.54. The molecule has 1 aliphatic rings. The molecule has 7 nitrogen and oxygen atoms in total. The van der Waals surface area contributed by atoms with Crippen molar-refractivity contribution < 1.29 is 24.2 Å². The summed E-state index contributed by atoms with van der Waals surface area (Å²) in [6, 6.07) is 12.5. The van der Waals surface area contributed by atoms with Crippen LogP contribution < -0.4 is 15.0 Å². The Bertz CT molecular complexity index is 925. The predicted octanol–water partition coefficient (Wildman–Crippen LogP) is 2.42. The van der Waals surface area contributed by atoms with Gasteiger partial charge in [0, 0.05) is 31.6 Å². The second kappa shape index (κ2) is 9.23. The number of carboxylic acids is 1. The Labute approximate surface area is 169 Å².